The Hall–Kier alpha value is -3.79. The van der Waals surface area contributed by atoms with E-state index in [0.717, 1.165) is 17.7 Å². The molecule has 1 heterocycles. The molecule has 3 aromatic carbocycles. The molecule has 1 aromatic heterocycles. The van der Waals surface area contributed by atoms with Crippen molar-refractivity contribution in [3.05, 3.63) is 90.1 Å². The topological polar surface area (TPSA) is 77.4 Å². The summed E-state index contributed by atoms with van der Waals surface area (Å²) in [6, 6.07) is 18.9. The van der Waals surface area contributed by atoms with Gasteiger partial charge < -0.3 is 14.6 Å². The standard InChI is InChI=1S/C25H21F3N2O4S/c1-17-6-2-3-7-18(17)16-35(32,33)23-14-30(22-9-5-4-8-21(22)23)15-24(31)29-19-10-12-20(13-11-19)34-25(26,27)28/h2-14H,15-16H2,1H3,(H,29,31). The Morgan fingerprint density at radius 2 is 1.63 bits per heavy atom. The summed E-state index contributed by atoms with van der Waals surface area (Å²) in [5.41, 5.74) is 2.40. The van der Waals surface area contributed by atoms with Crippen LogP contribution < -0.4 is 10.1 Å². The molecule has 10 heteroatoms. The molecule has 0 saturated carbocycles. The molecule has 6 nitrogen and oxygen atoms in total. The van der Waals surface area contributed by atoms with Gasteiger partial charge >= 0.3 is 6.36 Å². The maximum atomic E-state index is 13.3. The number of rotatable bonds is 7. The van der Waals surface area contributed by atoms with Gasteiger partial charge in [0.05, 0.1) is 10.6 Å². The third-order valence-corrected chi connectivity index (χ3v) is 7.07. The number of ether oxygens (including phenoxy) is 1. The first-order valence-corrected chi connectivity index (χ1v) is 12.2. The largest absolute Gasteiger partial charge is 0.573 e. The zero-order valence-corrected chi connectivity index (χ0v) is 19.4. The molecule has 0 atom stereocenters. The van der Waals surface area contributed by atoms with Crippen molar-refractivity contribution in [2.75, 3.05) is 5.32 Å². The van der Waals surface area contributed by atoms with Gasteiger partial charge in [-0.2, -0.15) is 0 Å². The van der Waals surface area contributed by atoms with Crippen LogP contribution >= 0.6 is 0 Å². The summed E-state index contributed by atoms with van der Waals surface area (Å²) in [7, 11) is -3.71. The fraction of sp³-hybridized carbons (Fsp3) is 0.160. The second-order valence-electron chi connectivity index (χ2n) is 7.94. The highest BCUT2D eigenvalue weighted by Gasteiger charge is 2.31. The van der Waals surface area contributed by atoms with E-state index in [4.69, 9.17) is 0 Å². The highest BCUT2D eigenvalue weighted by molar-refractivity contribution is 7.90. The van der Waals surface area contributed by atoms with E-state index in [1.54, 1.807) is 36.4 Å². The molecule has 0 aliphatic carbocycles. The van der Waals surface area contributed by atoms with Crippen molar-refractivity contribution in [2.24, 2.45) is 0 Å². The van der Waals surface area contributed by atoms with Crippen molar-refractivity contribution in [1.29, 1.82) is 0 Å². The fourth-order valence-electron chi connectivity index (χ4n) is 3.74. The first-order chi connectivity index (χ1) is 16.5. The molecule has 4 rings (SSSR count). The van der Waals surface area contributed by atoms with Gasteiger partial charge in [-0.05, 0) is 48.4 Å². The van der Waals surface area contributed by atoms with Gasteiger partial charge in [0.25, 0.3) is 0 Å². The predicted octanol–water partition coefficient (Wildman–Crippen LogP) is 5.46. The van der Waals surface area contributed by atoms with Crippen LogP contribution in [-0.4, -0.2) is 25.3 Å². The summed E-state index contributed by atoms with van der Waals surface area (Å²) in [5.74, 6) is -1.06. The van der Waals surface area contributed by atoms with Crippen LogP contribution in [0.2, 0.25) is 0 Å². The second kappa shape index (κ2) is 9.46. The van der Waals surface area contributed by atoms with Crippen LogP contribution in [0.15, 0.2) is 83.9 Å². The van der Waals surface area contributed by atoms with Crippen molar-refractivity contribution in [2.45, 2.75) is 30.5 Å². The number of amides is 1. The Balaban J connectivity index is 1.55. The van der Waals surface area contributed by atoms with E-state index in [2.05, 4.69) is 10.1 Å². The second-order valence-corrected chi connectivity index (χ2v) is 9.90. The van der Waals surface area contributed by atoms with Gasteiger partial charge in [-0.3, -0.25) is 4.79 Å². The number of fused-ring (bicyclic) bond motifs is 1. The highest BCUT2D eigenvalue weighted by Crippen LogP contribution is 2.29. The summed E-state index contributed by atoms with van der Waals surface area (Å²) < 4.78 is 68.9. The van der Waals surface area contributed by atoms with Gasteiger partial charge in [-0.25, -0.2) is 8.42 Å². The highest BCUT2D eigenvalue weighted by atomic mass is 32.2. The number of para-hydroxylation sites is 1. The summed E-state index contributed by atoms with van der Waals surface area (Å²) in [6.45, 7) is 1.65. The molecule has 35 heavy (non-hydrogen) atoms. The number of benzene rings is 3. The van der Waals surface area contributed by atoms with E-state index in [9.17, 15) is 26.4 Å². The number of nitrogens with one attached hydrogen (secondary N) is 1. The van der Waals surface area contributed by atoms with E-state index < -0.39 is 27.9 Å². The quantitative estimate of drug-likeness (QED) is 0.364. The zero-order chi connectivity index (χ0) is 25.2. The van der Waals surface area contributed by atoms with Gasteiger partial charge in [0.15, 0.2) is 9.84 Å². The van der Waals surface area contributed by atoms with E-state index in [1.807, 2.05) is 19.1 Å². The lowest BCUT2D eigenvalue weighted by molar-refractivity contribution is -0.274. The van der Waals surface area contributed by atoms with Crippen molar-refractivity contribution in [3.8, 4) is 5.75 Å². The minimum Gasteiger partial charge on any atom is -0.406 e. The molecule has 182 valence electrons. The Kier molecular flexibility index (Phi) is 6.58. The fourth-order valence-corrected chi connectivity index (χ4v) is 5.43. The molecule has 0 aliphatic rings. The predicted molar refractivity (Wildman–Crippen MR) is 126 cm³/mol. The number of nitrogens with zero attached hydrogens (tertiary/aromatic N) is 1. The number of sulfone groups is 1. The van der Waals surface area contributed by atoms with Crippen molar-refractivity contribution in [3.63, 3.8) is 0 Å². The minimum absolute atomic E-state index is 0.123. The van der Waals surface area contributed by atoms with Crippen LogP contribution in [0.25, 0.3) is 10.9 Å². The van der Waals surface area contributed by atoms with Gasteiger partial charge in [-0.1, -0.05) is 42.5 Å². The van der Waals surface area contributed by atoms with E-state index >= 15 is 0 Å². The molecule has 0 unspecified atom stereocenters. The van der Waals surface area contributed by atoms with Crippen LogP contribution in [0.1, 0.15) is 11.1 Å². The number of aryl methyl sites for hydroxylation is 1. The molecule has 0 spiro atoms. The van der Waals surface area contributed by atoms with Gasteiger partial charge in [0, 0.05) is 22.8 Å². The Labute approximate surface area is 199 Å². The summed E-state index contributed by atoms with van der Waals surface area (Å²) in [5, 5.41) is 3.10. The average Bonchev–Trinajstić information content (AvgIpc) is 3.15. The maximum Gasteiger partial charge on any atom is 0.573 e. The lowest BCUT2D eigenvalue weighted by atomic mass is 10.1. The molecule has 0 aliphatic heterocycles. The number of anilines is 1. The molecule has 4 aromatic rings. The molecule has 0 fully saturated rings. The number of hydrogen-bond acceptors (Lipinski definition) is 4. The van der Waals surface area contributed by atoms with Crippen LogP contribution in [0.3, 0.4) is 0 Å². The van der Waals surface area contributed by atoms with Crippen LogP contribution in [-0.2, 0) is 26.9 Å². The Bertz CT molecular complexity index is 1480. The molecule has 0 radical (unpaired) electrons. The summed E-state index contributed by atoms with van der Waals surface area (Å²) >= 11 is 0. The molecular weight excluding hydrogens is 481 g/mol. The maximum absolute atomic E-state index is 13.3. The van der Waals surface area contributed by atoms with Gasteiger partial charge in [0.1, 0.15) is 12.3 Å². The number of halogens is 3. The Morgan fingerprint density at radius 3 is 2.31 bits per heavy atom. The average molecular weight is 503 g/mol. The lowest BCUT2D eigenvalue weighted by Crippen LogP contribution is -2.19. The molecule has 0 bridgehead atoms. The summed E-state index contributed by atoms with van der Waals surface area (Å²) in [6.07, 6.45) is -3.37. The monoisotopic (exact) mass is 502 g/mol. The first kappa shape index (κ1) is 24.3. The van der Waals surface area contributed by atoms with Crippen molar-refractivity contribution in [1.82, 2.24) is 4.57 Å². The third kappa shape index (κ3) is 5.83. The lowest BCUT2D eigenvalue weighted by Gasteiger charge is -2.10. The minimum atomic E-state index is -4.81. The van der Waals surface area contributed by atoms with Crippen molar-refractivity contribution >= 4 is 32.3 Å². The van der Waals surface area contributed by atoms with Crippen LogP contribution in [0.4, 0.5) is 18.9 Å². The zero-order valence-electron chi connectivity index (χ0n) is 18.5. The number of hydrogen-bond donors (Lipinski definition) is 1. The Morgan fingerprint density at radius 1 is 0.971 bits per heavy atom. The molecular formula is C25H21F3N2O4S. The normalized spacial score (nSPS) is 12.0. The van der Waals surface area contributed by atoms with Crippen LogP contribution in [0.5, 0.6) is 5.75 Å². The molecule has 1 amide bonds. The van der Waals surface area contributed by atoms with E-state index in [0.29, 0.717) is 16.5 Å². The van der Waals surface area contributed by atoms with E-state index in [-0.39, 0.29) is 22.9 Å². The SMILES string of the molecule is Cc1ccccc1CS(=O)(=O)c1cn(CC(=O)Nc2ccc(OC(F)(F)F)cc2)c2ccccc12. The number of aromatic nitrogens is 1. The van der Waals surface area contributed by atoms with Crippen LogP contribution in [0, 0.1) is 6.92 Å². The van der Waals surface area contributed by atoms with Gasteiger partial charge in [-0.15, -0.1) is 13.2 Å². The first-order valence-electron chi connectivity index (χ1n) is 10.5. The van der Waals surface area contributed by atoms with Crippen molar-refractivity contribution < 1.29 is 31.1 Å². The van der Waals surface area contributed by atoms with Gasteiger partial charge in [0.2, 0.25) is 5.91 Å². The number of carbonyl (C=O) groups excluding carboxylic acids is 1. The third-order valence-electron chi connectivity index (χ3n) is 5.38. The number of alkyl halides is 3. The van der Waals surface area contributed by atoms with E-state index in [1.165, 1.54) is 22.9 Å². The summed E-state index contributed by atoms with van der Waals surface area (Å²) in [4.78, 5) is 12.8. The smallest absolute Gasteiger partial charge is 0.406 e. The number of carbonyl (C=O) groups is 1. The molecule has 1 N–H and O–H groups in total. The molecule has 0 saturated heterocycles.